The van der Waals surface area contributed by atoms with E-state index in [-0.39, 0.29) is 11.6 Å². The zero-order valence-electron chi connectivity index (χ0n) is 14.9. The van der Waals surface area contributed by atoms with Crippen LogP contribution in [0.15, 0.2) is 54.9 Å². The maximum Gasteiger partial charge on any atom is 0.277 e. The Labute approximate surface area is 155 Å². The number of anilines is 3. The summed E-state index contributed by atoms with van der Waals surface area (Å²) in [5, 5.41) is 2.84. The Morgan fingerprint density at radius 2 is 1.89 bits per heavy atom. The van der Waals surface area contributed by atoms with Crippen LogP contribution in [0.25, 0.3) is 0 Å². The molecular weight excluding hydrogens is 350 g/mol. The zero-order chi connectivity index (χ0) is 19.4. The lowest BCUT2D eigenvalue weighted by Crippen LogP contribution is -2.31. The Morgan fingerprint density at radius 1 is 1.07 bits per heavy atom. The van der Waals surface area contributed by atoms with Crippen LogP contribution < -0.4 is 10.2 Å². The second-order valence-electron chi connectivity index (χ2n) is 5.93. The molecule has 0 atom stereocenters. The fourth-order valence-electron chi connectivity index (χ4n) is 2.64. The van der Waals surface area contributed by atoms with E-state index in [1.54, 1.807) is 4.90 Å². The third kappa shape index (κ3) is 4.25. The Hall–Kier alpha value is -3.35. The van der Waals surface area contributed by atoms with Gasteiger partial charge in [0.15, 0.2) is 11.6 Å². The second kappa shape index (κ2) is 7.90. The lowest BCUT2D eigenvalue weighted by atomic mass is 10.2. The highest BCUT2D eigenvalue weighted by molar-refractivity contribution is 6.05. The monoisotopic (exact) mass is 368 g/mol. The van der Waals surface area contributed by atoms with E-state index in [0.717, 1.165) is 23.4 Å². The molecule has 1 aromatic heterocycles. The molecule has 1 N–H and O–H groups in total. The quantitative estimate of drug-likeness (QED) is 0.722. The van der Waals surface area contributed by atoms with Crippen LogP contribution in [-0.4, -0.2) is 22.4 Å². The number of hydrogen-bond donors (Lipinski definition) is 1. The van der Waals surface area contributed by atoms with Crippen LogP contribution >= 0.6 is 0 Å². The molecule has 0 saturated carbocycles. The average Bonchev–Trinajstić information content (AvgIpc) is 2.65. The molecule has 0 fully saturated rings. The van der Waals surface area contributed by atoms with Gasteiger partial charge in [0.2, 0.25) is 0 Å². The van der Waals surface area contributed by atoms with Gasteiger partial charge in [-0.05, 0) is 43.7 Å². The SMILES string of the molecule is CCN(C(=O)c1cc(Nc2ccc(F)c(F)c2)ncn1)c1cccc(C)c1. The van der Waals surface area contributed by atoms with Crippen LogP contribution in [-0.2, 0) is 0 Å². The smallest absolute Gasteiger partial charge is 0.277 e. The number of halogens is 2. The third-order valence-corrected chi connectivity index (χ3v) is 3.95. The normalized spacial score (nSPS) is 10.5. The first-order valence-electron chi connectivity index (χ1n) is 8.40. The number of hydrogen-bond acceptors (Lipinski definition) is 4. The van der Waals surface area contributed by atoms with E-state index in [1.807, 2.05) is 38.1 Å². The summed E-state index contributed by atoms with van der Waals surface area (Å²) >= 11 is 0. The molecular formula is C20H18F2N4O. The summed E-state index contributed by atoms with van der Waals surface area (Å²) in [7, 11) is 0. The molecule has 0 aliphatic rings. The van der Waals surface area contributed by atoms with Gasteiger partial charge >= 0.3 is 0 Å². The summed E-state index contributed by atoms with van der Waals surface area (Å²) in [6.45, 7) is 4.30. The predicted molar refractivity (Wildman–Crippen MR) is 100 cm³/mol. The Morgan fingerprint density at radius 3 is 2.59 bits per heavy atom. The van der Waals surface area contributed by atoms with Crippen molar-refractivity contribution in [3.8, 4) is 0 Å². The lowest BCUT2D eigenvalue weighted by molar-refractivity contribution is 0.0983. The topological polar surface area (TPSA) is 58.1 Å². The van der Waals surface area contributed by atoms with E-state index in [1.165, 1.54) is 18.5 Å². The highest BCUT2D eigenvalue weighted by Gasteiger charge is 2.18. The van der Waals surface area contributed by atoms with Gasteiger partial charge in [0.05, 0.1) is 0 Å². The van der Waals surface area contributed by atoms with E-state index in [4.69, 9.17) is 0 Å². The van der Waals surface area contributed by atoms with Gasteiger partial charge in [0, 0.05) is 30.1 Å². The number of carbonyl (C=O) groups excluding carboxylic acids is 1. The van der Waals surface area contributed by atoms with Crippen molar-refractivity contribution in [1.29, 1.82) is 0 Å². The molecule has 0 radical (unpaired) electrons. The minimum atomic E-state index is -0.970. The van der Waals surface area contributed by atoms with Crippen LogP contribution in [0.3, 0.4) is 0 Å². The number of benzene rings is 2. The van der Waals surface area contributed by atoms with Gasteiger partial charge in [-0.25, -0.2) is 18.7 Å². The lowest BCUT2D eigenvalue weighted by Gasteiger charge is -2.21. The van der Waals surface area contributed by atoms with Gasteiger partial charge in [-0.1, -0.05) is 12.1 Å². The van der Waals surface area contributed by atoms with Crippen LogP contribution in [0.4, 0.5) is 26.0 Å². The standard InChI is InChI=1S/C20H18F2N4O/c1-3-26(15-6-4-5-13(2)9-15)20(27)18-11-19(24-12-23-18)25-14-7-8-16(21)17(22)10-14/h4-12H,3H2,1-2H3,(H,23,24,25). The number of aromatic nitrogens is 2. The first-order valence-corrected chi connectivity index (χ1v) is 8.40. The van der Waals surface area contributed by atoms with Gasteiger partial charge in [-0.15, -0.1) is 0 Å². The highest BCUT2D eigenvalue weighted by Crippen LogP contribution is 2.20. The number of amides is 1. The van der Waals surface area contributed by atoms with Crippen molar-refractivity contribution >= 4 is 23.1 Å². The number of aryl methyl sites for hydroxylation is 1. The van der Waals surface area contributed by atoms with E-state index >= 15 is 0 Å². The number of nitrogens with zero attached hydrogens (tertiary/aromatic N) is 3. The molecule has 0 saturated heterocycles. The van der Waals surface area contributed by atoms with Crippen molar-refractivity contribution in [2.45, 2.75) is 13.8 Å². The Balaban J connectivity index is 1.85. The maximum absolute atomic E-state index is 13.4. The van der Waals surface area contributed by atoms with Gasteiger partial charge < -0.3 is 10.2 Å². The van der Waals surface area contributed by atoms with Crippen LogP contribution in [0, 0.1) is 18.6 Å². The molecule has 3 rings (SSSR count). The van der Waals surface area contributed by atoms with Crippen molar-refractivity contribution in [2.24, 2.45) is 0 Å². The molecule has 0 bridgehead atoms. The molecule has 0 aliphatic carbocycles. The Bertz CT molecular complexity index is 978. The molecule has 2 aromatic carbocycles. The average molecular weight is 368 g/mol. The van der Waals surface area contributed by atoms with E-state index in [0.29, 0.717) is 18.1 Å². The molecule has 138 valence electrons. The third-order valence-electron chi connectivity index (χ3n) is 3.95. The van der Waals surface area contributed by atoms with Crippen molar-refractivity contribution in [1.82, 2.24) is 9.97 Å². The fraction of sp³-hybridized carbons (Fsp3) is 0.150. The summed E-state index contributed by atoms with van der Waals surface area (Å²) in [5.74, 6) is -1.88. The van der Waals surface area contributed by atoms with Gasteiger partial charge in [-0.2, -0.15) is 0 Å². The van der Waals surface area contributed by atoms with E-state index in [2.05, 4.69) is 15.3 Å². The van der Waals surface area contributed by atoms with Crippen molar-refractivity contribution in [3.63, 3.8) is 0 Å². The molecule has 27 heavy (non-hydrogen) atoms. The summed E-state index contributed by atoms with van der Waals surface area (Å²) in [4.78, 5) is 22.6. The number of nitrogens with one attached hydrogen (secondary N) is 1. The molecule has 0 spiro atoms. The summed E-state index contributed by atoms with van der Waals surface area (Å²) in [6, 6.07) is 12.5. The molecule has 1 heterocycles. The minimum absolute atomic E-state index is 0.193. The van der Waals surface area contributed by atoms with Crippen molar-refractivity contribution in [2.75, 3.05) is 16.8 Å². The predicted octanol–water partition coefficient (Wildman–Crippen LogP) is 4.47. The van der Waals surface area contributed by atoms with Crippen LogP contribution in [0.1, 0.15) is 23.0 Å². The van der Waals surface area contributed by atoms with Gasteiger partial charge in [-0.3, -0.25) is 4.79 Å². The molecule has 0 aliphatic heterocycles. The van der Waals surface area contributed by atoms with Gasteiger partial charge in [0.1, 0.15) is 17.8 Å². The minimum Gasteiger partial charge on any atom is -0.340 e. The Kier molecular flexibility index (Phi) is 5.40. The summed E-state index contributed by atoms with van der Waals surface area (Å²) < 4.78 is 26.4. The van der Waals surface area contributed by atoms with E-state index in [9.17, 15) is 13.6 Å². The van der Waals surface area contributed by atoms with Crippen molar-refractivity contribution in [3.05, 3.63) is 77.8 Å². The van der Waals surface area contributed by atoms with Crippen LogP contribution in [0.2, 0.25) is 0 Å². The summed E-state index contributed by atoms with van der Waals surface area (Å²) in [5.41, 5.74) is 2.33. The molecule has 1 amide bonds. The first kappa shape index (κ1) is 18.4. The number of carbonyl (C=O) groups is 1. The fourth-order valence-corrected chi connectivity index (χ4v) is 2.64. The van der Waals surface area contributed by atoms with Crippen molar-refractivity contribution < 1.29 is 13.6 Å². The summed E-state index contributed by atoms with van der Waals surface area (Å²) in [6.07, 6.45) is 1.25. The second-order valence-corrected chi connectivity index (χ2v) is 5.93. The van der Waals surface area contributed by atoms with Gasteiger partial charge in [0.25, 0.3) is 5.91 Å². The first-order chi connectivity index (χ1) is 13.0. The molecule has 3 aromatic rings. The molecule has 7 heteroatoms. The maximum atomic E-state index is 13.4. The van der Waals surface area contributed by atoms with E-state index < -0.39 is 11.6 Å². The van der Waals surface area contributed by atoms with Crippen LogP contribution in [0.5, 0.6) is 0 Å². The largest absolute Gasteiger partial charge is 0.340 e. The zero-order valence-corrected chi connectivity index (χ0v) is 14.9. The molecule has 0 unspecified atom stereocenters. The number of rotatable bonds is 5. The molecule has 5 nitrogen and oxygen atoms in total. The highest BCUT2D eigenvalue weighted by atomic mass is 19.2.